The van der Waals surface area contributed by atoms with E-state index in [2.05, 4.69) is 93.7 Å². The first kappa shape index (κ1) is 57.3. The van der Waals surface area contributed by atoms with Crippen molar-refractivity contribution in [1.29, 1.82) is 0 Å². The second-order valence-corrected chi connectivity index (χ2v) is 16.7. The minimum Gasteiger partial charge on any atom is -0.462 e. The van der Waals surface area contributed by atoms with Crippen LogP contribution >= 0.6 is 0 Å². The fourth-order valence-corrected chi connectivity index (χ4v) is 6.90. The molecule has 0 aromatic carbocycles. The van der Waals surface area contributed by atoms with Gasteiger partial charge in [-0.25, -0.2) is 0 Å². The topological polar surface area (TPSA) is 61.8 Å². The summed E-state index contributed by atoms with van der Waals surface area (Å²) >= 11 is 0. The molecule has 0 fully saturated rings. The Kier molecular flexibility index (Phi) is 48.4. The van der Waals surface area contributed by atoms with E-state index < -0.39 is 6.10 Å². The van der Waals surface area contributed by atoms with E-state index in [9.17, 15) is 9.59 Å². The first-order valence-electron chi connectivity index (χ1n) is 25.5. The number of carbonyl (C=O) groups is 2. The molecule has 0 radical (unpaired) electrons. The molecule has 0 aromatic heterocycles. The Labute approximate surface area is 372 Å². The highest BCUT2D eigenvalue weighted by atomic mass is 16.6. The van der Waals surface area contributed by atoms with E-state index in [4.69, 9.17) is 14.2 Å². The molecular weight excluding hydrogens is 741 g/mol. The van der Waals surface area contributed by atoms with Crippen molar-refractivity contribution in [3.05, 3.63) is 72.9 Å². The van der Waals surface area contributed by atoms with E-state index in [1.807, 2.05) is 0 Å². The minimum absolute atomic E-state index is 0.0651. The number of allylic oxidation sites excluding steroid dienone is 12. The van der Waals surface area contributed by atoms with Gasteiger partial charge < -0.3 is 14.2 Å². The van der Waals surface area contributed by atoms with Crippen molar-refractivity contribution in [3.8, 4) is 0 Å². The standard InChI is InChI=1S/C55H96O5/c1-4-7-10-13-16-19-22-25-27-28-29-31-33-36-39-42-45-48-54(56)59-52-53(51-58-50-47-44-41-38-35-32-26-23-20-17-14-11-8-5-2)60-55(57)49-46-43-40-37-34-30-24-21-18-15-12-9-6-3/h9,12,16,18-21,23,25,27,30,34,53H,4-8,10-11,13-15,17,22,24,26,28-29,31-33,35-52H2,1-3H3/b12-9-,19-16-,21-18-,23-20-,27-25-,34-30-. The van der Waals surface area contributed by atoms with Crippen molar-refractivity contribution in [1.82, 2.24) is 0 Å². The molecule has 0 saturated heterocycles. The second-order valence-electron chi connectivity index (χ2n) is 16.7. The maximum absolute atomic E-state index is 12.8. The van der Waals surface area contributed by atoms with Gasteiger partial charge in [-0.2, -0.15) is 0 Å². The van der Waals surface area contributed by atoms with E-state index in [1.165, 1.54) is 122 Å². The molecule has 5 heteroatoms. The predicted molar refractivity (Wildman–Crippen MR) is 260 cm³/mol. The molecule has 1 unspecified atom stereocenters. The van der Waals surface area contributed by atoms with Gasteiger partial charge >= 0.3 is 11.9 Å². The number of unbranched alkanes of at least 4 members (excludes halogenated alkanes) is 23. The lowest BCUT2D eigenvalue weighted by atomic mass is 10.1. The maximum atomic E-state index is 12.8. The molecule has 0 N–H and O–H groups in total. The number of ether oxygens (including phenoxy) is 3. The van der Waals surface area contributed by atoms with Gasteiger partial charge in [-0.3, -0.25) is 9.59 Å². The third kappa shape index (κ3) is 48.0. The van der Waals surface area contributed by atoms with E-state index in [0.717, 1.165) is 83.5 Å². The Morgan fingerprint density at radius 2 is 0.750 bits per heavy atom. The normalized spacial score (nSPS) is 12.8. The van der Waals surface area contributed by atoms with Crippen LogP contribution in [0.25, 0.3) is 0 Å². The molecular formula is C55H96O5. The van der Waals surface area contributed by atoms with Crippen LogP contribution in [0.15, 0.2) is 72.9 Å². The molecule has 1 atom stereocenters. The van der Waals surface area contributed by atoms with Crippen molar-refractivity contribution in [3.63, 3.8) is 0 Å². The molecule has 0 bridgehead atoms. The lowest BCUT2D eigenvalue weighted by Crippen LogP contribution is -2.30. The summed E-state index contributed by atoms with van der Waals surface area (Å²) in [5, 5.41) is 0. The summed E-state index contributed by atoms with van der Waals surface area (Å²) in [5.74, 6) is -0.442. The van der Waals surface area contributed by atoms with Crippen LogP contribution in [-0.4, -0.2) is 37.9 Å². The summed E-state index contributed by atoms with van der Waals surface area (Å²) in [4.78, 5) is 25.4. The molecule has 0 aromatic rings. The zero-order valence-electron chi connectivity index (χ0n) is 39.7. The molecule has 0 saturated carbocycles. The fraction of sp³-hybridized carbons (Fsp3) is 0.745. The summed E-state index contributed by atoms with van der Waals surface area (Å²) in [6.07, 6.45) is 64.8. The van der Waals surface area contributed by atoms with E-state index in [1.54, 1.807) is 0 Å². The van der Waals surface area contributed by atoms with Crippen LogP contribution < -0.4 is 0 Å². The van der Waals surface area contributed by atoms with Crippen LogP contribution in [-0.2, 0) is 23.8 Å². The first-order valence-corrected chi connectivity index (χ1v) is 25.5. The molecule has 5 nitrogen and oxygen atoms in total. The average molecular weight is 837 g/mol. The van der Waals surface area contributed by atoms with Gasteiger partial charge in [0.25, 0.3) is 0 Å². The van der Waals surface area contributed by atoms with Crippen LogP contribution in [0, 0.1) is 0 Å². The van der Waals surface area contributed by atoms with E-state index in [-0.39, 0.29) is 25.2 Å². The predicted octanol–water partition coefficient (Wildman–Crippen LogP) is 17.1. The van der Waals surface area contributed by atoms with Crippen molar-refractivity contribution in [2.45, 2.75) is 245 Å². The van der Waals surface area contributed by atoms with Crippen LogP contribution in [0.3, 0.4) is 0 Å². The smallest absolute Gasteiger partial charge is 0.306 e. The van der Waals surface area contributed by atoms with Gasteiger partial charge in [0.1, 0.15) is 6.61 Å². The molecule has 0 heterocycles. The highest BCUT2D eigenvalue weighted by Gasteiger charge is 2.17. The second kappa shape index (κ2) is 50.7. The Bertz CT molecular complexity index is 1080. The van der Waals surface area contributed by atoms with E-state index >= 15 is 0 Å². The third-order valence-electron chi connectivity index (χ3n) is 10.7. The summed E-state index contributed by atoms with van der Waals surface area (Å²) in [6, 6.07) is 0. The van der Waals surface area contributed by atoms with Crippen molar-refractivity contribution in [2.24, 2.45) is 0 Å². The monoisotopic (exact) mass is 837 g/mol. The van der Waals surface area contributed by atoms with Crippen LogP contribution in [0.2, 0.25) is 0 Å². The zero-order chi connectivity index (χ0) is 43.5. The van der Waals surface area contributed by atoms with Gasteiger partial charge in [0, 0.05) is 19.4 Å². The summed E-state index contributed by atoms with van der Waals surface area (Å²) in [7, 11) is 0. The summed E-state index contributed by atoms with van der Waals surface area (Å²) < 4.78 is 17.4. The van der Waals surface area contributed by atoms with Crippen LogP contribution in [0.5, 0.6) is 0 Å². The molecule has 60 heavy (non-hydrogen) atoms. The van der Waals surface area contributed by atoms with Gasteiger partial charge in [-0.05, 0) is 109 Å². The van der Waals surface area contributed by atoms with Gasteiger partial charge in [0.15, 0.2) is 6.10 Å². The number of rotatable bonds is 46. The third-order valence-corrected chi connectivity index (χ3v) is 10.7. The fourth-order valence-electron chi connectivity index (χ4n) is 6.90. The number of esters is 2. The van der Waals surface area contributed by atoms with Gasteiger partial charge in [-0.15, -0.1) is 0 Å². The number of hydrogen-bond donors (Lipinski definition) is 0. The molecule has 0 amide bonds. The highest BCUT2D eigenvalue weighted by Crippen LogP contribution is 2.13. The molecule has 0 aliphatic carbocycles. The Hall–Kier alpha value is -2.66. The molecule has 0 spiro atoms. The van der Waals surface area contributed by atoms with E-state index in [0.29, 0.717) is 19.4 Å². The Morgan fingerprint density at radius 3 is 1.27 bits per heavy atom. The molecule has 0 aliphatic rings. The molecule has 346 valence electrons. The maximum Gasteiger partial charge on any atom is 0.306 e. The Balaban J connectivity index is 4.31. The summed E-state index contributed by atoms with van der Waals surface area (Å²) in [5.41, 5.74) is 0. The van der Waals surface area contributed by atoms with Crippen molar-refractivity contribution < 1.29 is 23.8 Å². The minimum atomic E-state index is -0.559. The van der Waals surface area contributed by atoms with Crippen LogP contribution in [0.4, 0.5) is 0 Å². The highest BCUT2D eigenvalue weighted by molar-refractivity contribution is 5.70. The lowest BCUT2D eigenvalue weighted by Gasteiger charge is -2.18. The SMILES string of the molecule is CC/C=C\C/C=C\C/C=C\CCCCCC(=O)OC(COCCCCCCCC/C=C\CCCCCC)COC(=O)CCCCCCCCC/C=C\C/C=C\CCCCC. The van der Waals surface area contributed by atoms with Crippen molar-refractivity contribution in [2.75, 3.05) is 19.8 Å². The van der Waals surface area contributed by atoms with Gasteiger partial charge in [0.2, 0.25) is 0 Å². The van der Waals surface area contributed by atoms with Crippen molar-refractivity contribution >= 4 is 11.9 Å². The zero-order valence-corrected chi connectivity index (χ0v) is 39.7. The quantitative estimate of drug-likeness (QED) is 0.0347. The molecule has 0 rings (SSSR count). The number of carbonyl (C=O) groups excluding carboxylic acids is 2. The average Bonchev–Trinajstić information content (AvgIpc) is 3.25. The van der Waals surface area contributed by atoms with Gasteiger partial charge in [-0.1, -0.05) is 190 Å². The Morgan fingerprint density at radius 1 is 0.383 bits per heavy atom. The largest absolute Gasteiger partial charge is 0.462 e. The first-order chi connectivity index (χ1) is 29.6. The van der Waals surface area contributed by atoms with Crippen LogP contribution in [0.1, 0.15) is 239 Å². The molecule has 0 aliphatic heterocycles. The van der Waals surface area contributed by atoms with Gasteiger partial charge in [0.05, 0.1) is 6.61 Å². The lowest BCUT2D eigenvalue weighted by molar-refractivity contribution is -0.163. The number of hydrogen-bond acceptors (Lipinski definition) is 5. The summed E-state index contributed by atoms with van der Waals surface area (Å²) in [6.45, 7) is 7.63.